The van der Waals surface area contributed by atoms with Crippen molar-refractivity contribution in [2.24, 2.45) is 0 Å². The quantitative estimate of drug-likeness (QED) is 0.520. The van der Waals surface area contributed by atoms with Crippen molar-refractivity contribution in [2.75, 3.05) is 0 Å². The van der Waals surface area contributed by atoms with Crippen LogP contribution in [0.1, 0.15) is 16.2 Å². The molecule has 0 aliphatic rings. The lowest BCUT2D eigenvalue weighted by molar-refractivity contribution is 0.0459. The van der Waals surface area contributed by atoms with Crippen LogP contribution in [0.4, 0.5) is 0 Å². The van der Waals surface area contributed by atoms with Gasteiger partial charge in [-0.1, -0.05) is 24.3 Å². The number of rotatable bonds is 5. The third-order valence-electron chi connectivity index (χ3n) is 3.85. The van der Waals surface area contributed by atoms with Crippen molar-refractivity contribution in [3.05, 3.63) is 90.5 Å². The predicted octanol–water partition coefficient (Wildman–Crippen LogP) is 2.81. The number of tetrazole rings is 1. The molecule has 26 heavy (non-hydrogen) atoms. The summed E-state index contributed by atoms with van der Waals surface area (Å²) in [5, 5.41) is 11.5. The van der Waals surface area contributed by atoms with Crippen LogP contribution in [0, 0.1) is 0 Å². The molecule has 0 unspecified atom stereocenters. The molecule has 0 atom stereocenters. The zero-order valence-electron chi connectivity index (χ0n) is 13.8. The molecule has 0 spiro atoms. The van der Waals surface area contributed by atoms with E-state index in [0.717, 1.165) is 11.4 Å². The lowest BCUT2D eigenvalue weighted by Gasteiger charge is -2.08. The van der Waals surface area contributed by atoms with E-state index in [1.54, 1.807) is 16.8 Å². The van der Waals surface area contributed by atoms with Crippen molar-refractivity contribution in [1.29, 1.82) is 0 Å². The van der Waals surface area contributed by atoms with E-state index in [1.165, 1.54) is 0 Å². The summed E-state index contributed by atoms with van der Waals surface area (Å²) in [5.74, 6) is 0.0210. The van der Waals surface area contributed by atoms with Gasteiger partial charge in [0.05, 0.1) is 11.3 Å². The normalized spacial score (nSPS) is 10.6. The van der Waals surface area contributed by atoms with E-state index in [0.29, 0.717) is 11.4 Å². The number of aromatic nitrogens is 5. The molecule has 0 N–H and O–H groups in total. The molecule has 2 aromatic carbocycles. The molecule has 0 aliphatic carbocycles. The third kappa shape index (κ3) is 3.23. The number of nitrogens with zero attached hydrogens (tertiary/aromatic N) is 5. The molecule has 0 saturated carbocycles. The Kier molecular flexibility index (Phi) is 4.26. The smallest absolute Gasteiger partial charge is 0.338 e. The molecular weight excluding hydrogens is 330 g/mol. The topological polar surface area (TPSA) is 74.8 Å². The second kappa shape index (κ2) is 7.02. The standard InChI is InChI=1S/C19H15N5O2/c25-19(15-7-6-10-17(13-15)23-11-4-5-12-23)26-14-18-20-21-22-24(18)16-8-2-1-3-9-16/h1-13H,14H2. The highest BCUT2D eigenvalue weighted by Gasteiger charge is 2.13. The first-order chi connectivity index (χ1) is 12.8. The van der Waals surface area contributed by atoms with Gasteiger partial charge in [-0.15, -0.1) is 5.10 Å². The van der Waals surface area contributed by atoms with E-state index < -0.39 is 5.97 Å². The Labute approximate surface area is 149 Å². The Bertz CT molecular complexity index is 1010. The number of hydrogen-bond acceptors (Lipinski definition) is 5. The summed E-state index contributed by atoms with van der Waals surface area (Å²) in [4.78, 5) is 12.4. The molecule has 2 aromatic heterocycles. The fourth-order valence-electron chi connectivity index (χ4n) is 2.58. The fraction of sp³-hybridized carbons (Fsp3) is 0.0526. The average molecular weight is 345 g/mol. The van der Waals surface area contributed by atoms with Crippen molar-refractivity contribution in [3.8, 4) is 11.4 Å². The van der Waals surface area contributed by atoms with Crippen LogP contribution in [0.5, 0.6) is 0 Å². The van der Waals surface area contributed by atoms with Crippen LogP contribution in [0.3, 0.4) is 0 Å². The number of carbonyl (C=O) groups excluding carboxylic acids is 1. The van der Waals surface area contributed by atoms with Gasteiger partial charge in [0.25, 0.3) is 0 Å². The van der Waals surface area contributed by atoms with Crippen molar-refractivity contribution in [1.82, 2.24) is 24.8 Å². The zero-order chi connectivity index (χ0) is 17.8. The molecule has 0 saturated heterocycles. The summed E-state index contributed by atoms with van der Waals surface area (Å²) in [5.41, 5.74) is 2.16. The predicted molar refractivity (Wildman–Crippen MR) is 94.0 cm³/mol. The lowest BCUT2D eigenvalue weighted by atomic mass is 10.2. The third-order valence-corrected chi connectivity index (χ3v) is 3.85. The second-order valence-electron chi connectivity index (χ2n) is 5.56. The highest BCUT2D eigenvalue weighted by Crippen LogP contribution is 2.13. The Morgan fingerprint density at radius 3 is 2.50 bits per heavy atom. The fourth-order valence-corrected chi connectivity index (χ4v) is 2.58. The van der Waals surface area contributed by atoms with Crippen molar-refractivity contribution in [3.63, 3.8) is 0 Å². The van der Waals surface area contributed by atoms with Crippen LogP contribution in [0.25, 0.3) is 11.4 Å². The van der Waals surface area contributed by atoms with Crippen LogP contribution in [0.2, 0.25) is 0 Å². The van der Waals surface area contributed by atoms with Crippen LogP contribution in [-0.4, -0.2) is 30.7 Å². The summed E-state index contributed by atoms with van der Waals surface area (Å²) in [7, 11) is 0. The van der Waals surface area contributed by atoms with Crippen LogP contribution in [0.15, 0.2) is 79.1 Å². The minimum atomic E-state index is -0.429. The van der Waals surface area contributed by atoms with Crippen LogP contribution < -0.4 is 0 Å². The number of hydrogen-bond donors (Lipinski definition) is 0. The van der Waals surface area contributed by atoms with Crippen molar-refractivity contribution in [2.45, 2.75) is 6.61 Å². The second-order valence-corrected chi connectivity index (χ2v) is 5.56. The highest BCUT2D eigenvalue weighted by atomic mass is 16.5. The van der Waals surface area contributed by atoms with Crippen molar-refractivity contribution >= 4 is 5.97 Å². The van der Waals surface area contributed by atoms with Crippen LogP contribution >= 0.6 is 0 Å². The van der Waals surface area contributed by atoms with E-state index in [-0.39, 0.29) is 6.61 Å². The van der Waals surface area contributed by atoms with Gasteiger partial charge in [-0.2, -0.15) is 4.68 Å². The molecule has 2 heterocycles. The summed E-state index contributed by atoms with van der Waals surface area (Å²) >= 11 is 0. The van der Waals surface area contributed by atoms with Gasteiger partial charge < -0.3 is 9.30 Å². The summed E-state index contributed by atoms with van der Waals surface area (Å²) < 4.78 is 8.86. The first kappa shape index (κ1) is 15.8. The van der Waals surface area contributed by atoms with Gasteiger partial charge in [0.1, 0.15) is 0 Å². The monoisotopic (exact) mass is 345 g/mol. The molecule has 7 heteroatoms. The van der Waals surface area contributed by atoms with E-state index in [9.17, 15) is 4.79 Å². The number of ether oxygens (including phenoxy) is 1. The average Bonchev–Trinajstić information content (AvgIpc) is 3.39. The van der Waals surface area contributed by atoms with E-state index in [2.05, 4.69) is 15.5 Å². The summed E-state index contributed by atoms with van der Waals surface area (Å²) in [6, 6.07) is 20.5. The van der Waals surface area contributed by atoms with E-state index >= 15 is 0 Å². The number of carbonyl (C=O) groups is 1. The van der Waals surface area contributed by atoms with Gasteiger partial charge in [0, 0.05) is 18.1 Å². The largest absolute Gasteiger partial charge is 0.454 e. The SMILES string of the molecule is O=C(OCc1nnnn1-c1ccccc1)c1cccc(-n2cccc2)c1. The zero-order valence-corrected chi connectivity index (χ0v) is 13.8. The Morgan fingerprint density at radius 1 is 0.923 bits per heavy atom. The molecule has 128 valence electrons. The Morgan fingerprint density at radius 2 is 1.69 bits per heavy atom. The van der Waals surface area contributed by atoms with Crippen LogP contribution in [-0.2, 0) is 11.3 Å². The number of benzene rings is 2. The van der Waals surface area contributed by atoms with Gasteiger partial charge in [-0.3, -0.25) is 0 Å². The van der Waals surface area contributed by atoms with Gasteiger partial charge >= 0.3 is 5.97 Å². The first-order valence-corrected chi connectivity index (χ1v) is 8.04. The molecule has 0 radical (unpaired) electrons. The molecule has 7 nitrogen and oxygen atoms in total. The van der Waals surface area contributed by atoms with Gasteiger partial charge in [0.15, 0.2) is 12.4 Å². The van der Waals surface area contributed by atoms with Gasteiger partial charge in [-0.25, -0.2) is 4.79 Å². The highest BCUT2D eigenvalue weighted by molar-refractivity contribution is 5.90. The Hall–Kier alpha value is -3.74. The van der Waals surface area contributed by atoms with Crippen molar-refractivity contribution < 1.29 is 9.53 Å². The number of esters is 1. The maximum Gasteiger partial charge on any atom is 0.338 e. The summed E-state index contributed by atoms with van der Waals surface area (Å²) in [6.07, 6.45) is 3.83. The molecule has 0 aliphatic heterocycles. The van der Waals surface area contributed by atoms with Gasteiger partial charge in [0.2, 0.25) is 0 Å². The van der Waals surface area contributed by atoms with E-state index in [1.807, 2.05) is 71.6 Å². The lowest BCUT2D eigenvalue weighted by Crippen LogP contribution is -2.10. The van der Waals surface area contributed by atoms with Gasteiger partial charge in [-0.05, 0) is 52.9 Å². The summed E-state index contributed by atoms with van der Waals surface area (Å²) in [6.45, 7) is -0.0194. The maximum atomic E-state index is 12.4. The maximum absolute atomic E-state index is 12.4. The molecule has 0 bridgehead atoms. The Balaban J connectivity index is 1.49. The molecule has 0 amide bonds. The molecule has 4 aromatic rings. The first-order valence-electron chi connectivity index (χ1n) is 8.04. The molecular formula is C19H15N5O2. The minimum Gasteiger partial charge on any atom is -0.454 e. The minimum absolute atomic E-state index is 0.0194. The number of para-hydroxylation sites is 1. The molecule has 0 fully saturated rings. The molecule has 4 rings (SSSR count). The van der Waals surface area contributed by atoms with E-state index in [4.69, 9.17) is 4.74 Å².